The average molecular weight is 272 g/mol. The molecule has 4 nitrogen and oxygen atoms in total. The number of alkyl halides is 2. The lowest BCUT2D eigenvalue weighted by molar-refractivity contribution is -0.0521. The molecule has 1 aromatic carbocycles. The number of rotatable bonds is 5. The van der Waals surface area contributed by atoms with Gasteiger partial charge < -0.3 is 20.2 Å². The molecule has 0 fully saturated rings. The maximum absolute atomic E-state index is 13.3. The molecule has 7 heteroatoms. The third-order valence-corrected chi connectivity index (χ3v) is 2.35. The first kappa shape index (κ1) is 13.1. The van der Waals surface area contributed by atoms with Crippen molar-refractivity contribution in [2.45, 2.75) is 13.2 Å². The van der Waals surface area contributed by atoms with Crippen molar-refractivity contribution in [3.63, 3.8) is 0 Å². The molecule has 0 saturated heterocycles. The van der Waals surface area contributed by atoms with Crippen LogP contribution in [0.3, 0.4) is 0 Å². The van der Waals surface area contributed by atoms with Gasteiger partial charge in [-0.05, 0) is 12.1 Å². The number of nitrogens with two attached hydrogens (primary N) is 1. The number of nitrogen functional groups attached to an aromatic ring is 1. The van der Waals surface area contributed by atoms with Gasteiger partial charge in [-0.3, -0.25) is 0 Å². The summed E-state index contributed by atoms with van der Waals surface area (Å²) in [5, 5.41) is 2.85. The summed E-state index contributed by atoms with van der Waals surface area (Å²) in [6.07, 6.45) is 1.50. The summed E-state index contributed by atoms with van der Waals surface area (Å²) in [6, 6.07) is 5.43. The number of hydrogen-bond acceptors (Lipinski definition) is 4. The lowest BCUT2D eigenvalue weighted by Gasteiger charge is -2.12. The monoisotopic (exact) mass is 272 g/mol. The topological polar surface area (TPSA) is 60.4 Å². The molecular weight excluding hydrogens is 261 g/mol. The summed E-state index contributed by atoms with van der Waals surface area (Å²) >= 11 is 0. The molecular formula is C12H11F3N2O2. The molecule has 0 atom stereocenters. The fraction of sp³-hybridized carbons (Fsp3) is 0.167. The van der Waals surface area contributed by atoms with Gasteiger partial charge >= 0.3 is 6.61 Å². The Morgan fingerprint density at radius 3 is 2.79 bits per heavy atom. The second kappa shape index (κ2) is 5.55. The van der Waals surface area contributed by atoms with Crippen LogP contribution in [0.25, 0.3) is 0 Å². The summed E-state index contributed by atoms with van der Waals surface area (Å²) in [6.45, 7) is -2.81. The molecule has 0 amide bonds. The molecule has 0 aliphatic rings. The molecule has 0 saturated carbocycles. The Balaban J connectivity index is 2.15. The fourth-order valence-electron chi connectivity index (χ4n) is 1.50. The lowest BCUT2D eigenvalue weighted by Crippen LogP contribution is -2.07. The molecule has 102 valence electrons. The van der Waals surface area contributed by atoms with Crippen molar-refractivity contribution in [2.24, 2.45) is 0 Å². The number of benzene rings is 1. The Kier molecular flexibility index (Phi) is 3.84. The van der Waals surface area contributed by atoms with Gasteiger partial charge in [0.1, 0.15) is 5.76 Å². The van der Waals surface area contributed by atoms with Gasteiger partial charge in [0.25, 0.3) is 0 Å². The number of halogens is 3. The number of anilines is 2. The highest BCUT2D eigenvalue weighted by atomic mass is 19.3. The fourth-order valence-corrected chi connectivity index (χ4v) is 1.50. The van der Waals surface area contributed by atoms with Crippen molar-refractivity contribution in [1.29, 1.82) is 0 Å². The smallest absolute Gasteiger partial charge is 0.387 e. The van der Waals surface area contributed by atoms with Crippen molar-refractivity contribution in [3.05, 3.63) is 42.1 Å². The van der Waals surface area contributed by atoms with E-state index in [-0.39, 0.29) is 17.9 Å². The van der Waals surface area contributed by atoms with E-state index in [2.05, 4.69) is 10.1 Å². The van der Waals surface area contributed by atoms with Crippen LogP contribution >= 0.6 is 0 Å². The number of hydrogen-bond donors (Lipinski definition) is 2. The normalized spacial score (nSPS) is 10.7. The van der Waals surface area contributed by atoms with E-state index in [1.165, 1.54) is 6.26 Å². The van der Waals surface area contributed by atoms with Crippen LogP contribution in [0.2, 0.25) is 0 Å². The maximum atomic E-state index is 13.3. The zero-order valence-electron chi connectivity index (χ0n) is 9.70. The van der Waals surface area contributed by atoms with Crippen LogP contribution in [0.15, 0.2) is 34.9 Å². The first-order valence-electron chi connectivity index (χ1n) is 5.36. The van der Waals surface area contributed by atoms with Crippen molar-refractivity contribution >= 4 is 11.4 Å². The molecule has 19 heavy (non-hydrogen) atoms. The quantitative estimate of drug-likeness (QED) is 0.820. The van der Waals surface area contributed by atoms with Crippen molar-refractivity contribution in [1.82, 2.24) is 0 Å². The van der Waals surface area contributed by atoms with Crippen LogP contribution < -0.4 is 15.8 Å². The van der Waals surface area contributed by atoms with E-state index in [0.29, 0.717) is 5.76 Å². The Hall–Kier alpha value is -2.31. The molecule has 3 N–H and O–H groups in total. The Morgan fingerprint density at radius 2 is 2.16 bits per heavy atom. The minimum absolute atomic E-state index is 0.0886. The average Bonchev–Trinajstić information content (AvgIpc) is 2.83. The zero-order chi connectivity index (χ0) is 13.8. The Morgan fingerprint density at radius 1 is 1.37 bits per heavy atom. The molecule has 2 aromatic rings. The summed E-state index contributed by atoms with van der Waals surface area (Å²) in [4.78, 5) is 0. The van der Waals surface area contributed by atoms with Gasteiger partial charge in [-0.2, -0.15) is 8.78 Å². The van der Waals surface area contributed by atoms with Crippen LogP contribution in [-0.2, 0) is 6.54 Å². The highest BCUT2D eigenvalue weighted by molar-refractivity contribution is 5.68. The molecule has 0 aliphatic carbocycles. The highest BCUT2D eigenvalue weighted by Gasteiger charge is 2.13. The highest BCUT2D eigenvalue weighted by Crippen LogP contribution is 2.29. The van der Waals surface area contributed by atoms with Crippen molar-refractivity contribution in [3.8, 4) is 5.75 Å². The number of ether oxygens (including phenoxy) is 1. The third kappa shape index (κ3) is 3.34. The van der Waals surface area contributed by atoms with Crippen molar-refractivity contribution in [2.75, 3.05) is 11.1 Å². The van der Waals surface area contributed by atoms with E-state index in [0.717, 1.165) is 12.1 Å². The van der Waals surface area contributed by atoms with E-state index in [9.17, 15) is 13.2 Å². The summed E-state index contributed by atoms with van der Waals surface area (Å²) in [5.74, 6) is -0.882. The first-order chi connectivity index (χ1) is 9.06. The van der Waals surface area contributed by atoms with Gasteiger partial charge in [0.2, 0.25) is 0 Å². The lowest BCUT2D eigenvalue weighted by atomic mass is 10.2. The van der Waals surface area contributed by atoms with E-state index < -0.39 is 18.2 Å². The van der Waals surface area contributed by atoms with Gasteiger partial charge in [-0.25, -0.2) is 4.39 Å². The van der Waals surface area contributed by atoms with Crippen LogP contribution in [0.5, 0.6) is 5.75 Å². The van der Waals surface area contributed by atoms with Gasteiger partial charge in [-0.15, -0.1) is 0 Å². The van der Waals surface area contributed by atoms with Crippen LogP contribution in [0, 0.1) is 5.82 Å². The second-order valence-electron chi connectivity index (χ2n) is 3.68. The molecule has 0 bridgehead atoms. The molecule has 0 unspecified atom stereocenters. The predicted octanol–water partition coefficient (Wildman–Crippen LogP) is 3.21. The van der Waals surface area contributed by atoms with E-state index in [1.54, 1.807) is 12.1 Å². The minimum Gasteiger partial charge on any atom is -0.467 e. The second-order valence-corrected chi connectivity index (χ2v) is 3.68. The summed E-state index contributed by atoms with van der Waals surface area (Å²) in [7, 11) is 0. The van der Waals surface area contributed by atoms with Crippen LogP contribution in [-0.4, -0.2) is 6.61 Å². The standard InChI is InChI=1S/C12H11F3N2O2/c13-8-4-9(16)10(5-11(8)19-12(14)15)17-6-7-2-1-3-18-7/h1-5,12,17H,6,16H2. The van der Waals surface area contributed by atoms with Crippen molar-refractivity contribution < 1.29 is 22.3 Å². The van der Waals surface area contributed by atoms with Crippen LogP contribution in [0.1, 0.15) is 5.76 Å². The Bertz CT molecular complexity index is 544. The van der Waals surface area contributed by atoms with Gasteiger partial charge in [0.05, 0.1) is 24.2 Å². The summed E-state index contributed by atoms with van der Waals surface area (Å²) < 4.78 is 46.6. The number of furan rings is 1. The first-order valence-corrected chi connectivity index (χ1v) is 5.36. The molecule has 0 spiro atoms. The van der Waals surface area contributed by atoms with Crippen LogP contribution in [0.4, 0.5) is 24.5 Å². The van der Waals surface area contributed by atoms with Gasteiger partial charge in [-0.1, -0.05) is 0 Å². The largest absolute Gasteiger partial charge is 0.467 e. The predicted molar refractivity (Wildman–Crippen MR) is 63.5 cm³/mol. The van der Waals surface area contributed by atoms with Gasteiger partial charge in [0, 0.05) is 12.1 Å². The maximum Gasteiger partial charge on any atom is 0.387 e. The Labute approximate surface area is 107 Å². The third-order valence-electron chi connectivity index (χ3n) is 2.35. The summed E-state index contributed by atoms with van der Waals surface area (Å²) in [5.41, 5.74) is 5.96. The molecule has 0 aliphatic heterocycles. The molecule has 1 aromatic heterocycles. The SMILES string of the molecule is Nc1cc(F)c(OC(F)F)cc1NCc1ccco1. The number of nitrogens with one attached hydrogen (secondary N) is 1. The van der Waals surface area contributed by atoms with E-state index in [1.807, 2.05) is 0 Å². The molecule has 1 heterocycles. The zero-order valence-corrected chi connectivity index (χ0v) is 9.70. The molecule has 2 rings (SSSR count). The van der Waals surface area contributed by atoms with E-state index >= 15 is 0 Å². The molecule has 0 radical (unpaired) electrons. The van der Waals surface area contributed by atoms with E-state index in [4.69, 9.17) is 10.2 Å². The minimum atomic E-state index is -3.10. The van der Waals surface area contributed by atoms with Gasteiger partial charge in [0.15, 0.2) is 11.6 Å².